The van der Waals surface area contributed by atoms with Crippen molar-refractivity contribution in [1.82, 2.24) is 5.32 Å². The average Bonchev–Trinajstić information content (AvgIpc) is 2.31. The minimum atomic E-state index is 0.763. The number of hydrogen-bond acceptors (Lipinski definition) is 2. The van der Waals surface area contributed by atoms with Crippen LogP contribution in [-0.2, 0) is 9.53 Å². The van der Waals surface area contributed by atoms with Crippen LogP contribution in [0.3, 0.4) is 0 Å². The van der Waals surface area contributed by atoms with E-state index in [9.17, 15) is 4.79 Å². The van der Waals surface area contributed by atoms with Gasteiger partial charge in [0.25, 0.3) is 0 Å². The van der Waals surface area contributed by atoms with Gasteiger partial charge < -0.3 is 10.1 Å². The summed E-state index contributed by atoms with van der Waals surface area (Å²) < 4.78 is 5.54. The van der Waals surface area contributed by atoms with Crippen molar-refractivity contribution in [3.8, 4) is 0 Å². The zero-order chi connectivity index (χ0) is 11.9. The number of ether oxygens (including phenoxy) is 1. The highest BCUT2D eigenvalue weighted by molar-refractivity contribution is 5.45. The Bertz CT molecular complexity index is 140. The van der Waals surface area contributed by atoms with Gasteiger partial charge in [-0.05, 0) is 19.3 Å². The molecule has 96 valence electrons. The Hall–Kier alpha value is -0.570. The Balaban J connectivity index is 2.85. The second-order valence-corrected chi connectivity index (χ2v) is 4.16. The molecule has 16 heavy (non-hydrogen) atoms. The van der Waals surface area contributed by atoms with Crippen LogP contribution in [0.25, 0.3) is 0 Å². The minimum absolute atomic E-state index is 0.763. The topological polar surface area (TPSA) is 38.3 Å². The lowest BCUT2D eigenvalue weighted by atomic mass is 10.2. The van der Waals surface area contributed by atoms with Crippen molar-refractivity contribution in [3.05, 3.63) is 0 Å². The van der Waals surface area contributed by atoms with Crippen molar-refractivity contribution in [2.24, 2.45) is 0 Å². The van der Waals surface area contributed by atoms with Gasteiger partial charge in [-0.3, -0.25) is 4.79 Å². The predicted molar refractivity (Wildman–Crippen MR) is 67.5 cm³/mol. The van der Waals surface area contributed by atoms with Gasteiger partial charge in [-0.1, -0.05) is 39.0 Å². The van der Waals surface area contributed by atoms with Crippen LogP contribution >= 0.6 is 0 Å². The Morgan fingerprint density at radius 1 is 0.938 bits per heavy atom. The van der Waals surface area contributed by atoms with Crippen LogP contribution in [0.5, 0.6) is 0 Å². The zero-order valence-electron chi connectivity index (χ0n) is 10.7. The molecule has 3 heteroatoms. The van der Waals surface area contributed by atoms with Crippen LogP contribution in [0.4, 0.5) is 0 Å². The number of unbranched alkanes of at least 4 members (excludes halogenated alkanes) is 6. The summed E-state index contributed by atoms with van der Waals surface area (Å²) in [6, 6.07) is 0. The molecular formula is C13H27NO2. The maximum absolute atomic E-state index is 9.96. The molecule has 1 amide bonds. The van der Waals surface area contributed by atoms with Crippen molar-refractivity contribution in [2.75, 3.05) is 19.8 Å². The summed E-state index contributed by atoms with van der Waals surface area (Å²) in [5.74, 6) is 0. The van der Waals surface area contributed by atoms with Gasteiger partial charge in [-0.25, -0.2) is 0 Å². The normalized spacial score (nSPS) is 10.3. The van der Waals surface area contributed by atoms with E-state index < -0.39 is 0 Å². The monoisotopic (exact) mass is 229 g/mol. The largest absolute Gasteiger partial charge is 0.381 e. The molecule has 3 nitrogen and oxygen atoms in total. The molecule has 1 N–H and O–H groups in total. The van der Waals surface area contributed by atoms with Crippen LogP contribution in [0.15, 0.2) is 0 Å². The minimum Gasteiger partial charge on any atom is -0.381 e. The van der Waals surface area contributed by atoms with E-state index in [1.165, 1.54) is 38.5 Å². The van der Waals surface area contributed by atoms with E-state index in [1.807, 2.05) is 0 Å². The Morgan fingerprint density at radius 3 is 2.19 bits per heavy atom. The smallest absolute Gasteiger partial charge is 0.207 e. The Morgan fingerprint density at radius 2 is 1.56 bits per heavy atom. The first-order valence-corrected chi connectivity index (χ1v) is 6.66. The van der Waals surface area contributed by atoms with Crippen molar-refractivity contribution in [2.45, 2.75) is 58.3 Å². The highest BCUT2D eigenvalue weighted by atomic mass is 16.5. The molecule has 0 aromatic carbocycles. The van der Waals surface area contributed by atoms with Gasteiger partial charge in [0, 0.05) is 19.8 Å². The zero-order valence-corrected chi connectivity index (χ0v) is 10.7. The van der Waals surface area contributed by atoms with Gasteiger partial charge >= 0.3 is 0 Å². The standard InChI is InChI=1S/C13H27NO2/c1-2-3-4-8-11-16-12-9-6-5-7-10-14-13-15/h13H,2-12H2,1H3,(H,14,15). The molecule has 0 bridgehead atoms. The van der Waals surface area contributed by atoms with Crippen LogP contribution in [0, 0.1) is 0 Å². The lowest BCUT2D eigenvalue weighted by molar-refractivity contribution is -0.109. The van der Waals surface area contributed by atoms with Gasteiger partial charge in [-0.15, -0.1) is 0 Å². The van der Waals surface area contributed by atoms with Gasteiger partial charge in [0.05, 0.1) is 0 Å². The lowest BCUT2D eigenvalue weighted by Crippen LogP contribution is -2.11. The number of nitrogens with one attached hydrogen (secondary N) is 1. The maximum Gasteiger partial charge on any atom is 0.207 e. The average molecular weight is 229 g/mol. The summed E-state index contributed by atoms with van der Waals surface area (Å²) in [6.07, 6.45) is 10.5. The van der Waals surface area contributed by atoms with E-state index in [-0.39, 0.29) is 0 Å². The molecule has 0 aromatic heterocycles. The number of carbonyl (C=O) groups excluding carboxylic acids is 1. The quantitative estimate of drug-likeness (QED) is 0.389. The van der Waals surface area contributed by atoms with Gasteiger partial charge in [-0.2, -0.15) is 0 Å². The molecule has 0 aromatic rings. The summed E-state index contributed by atoms with van der Waals surface area (Å²) in [5, 5.41) is 2.67. The molecule has 0 aliphatic carbocycles. The van der Waals surface area contributed by atoms with Crippen LogP contribution in [-0.4, -0.2) is 26.2 Å². The van der Waals surface area contributed by atoms with Crippen LogP contribution < -0.4 is 5.32 Å². The summed E-state index contributed by atoms with van der Waals surface area (Å²) in [7, 11) is 0. The van der Waals surface area contributed by atoms with Crippen molar-refractivity contribution >= 4 is 6.41 Å². The molecule has 0 radical (unpaired) electrons. The fourth-order valence-electron chi connectivity index (χ4n) is 1.58. The molecular weight excluding hydrogens is 202 g/mol. The number of carbonyl (C=O) groups is 1. The first-order chi connectivity index (χ1) is 7.91. The van der Waals surface area contributed by atoms with Gasteiger partial charge in [0.15, 0.2) is 0 Å². The van der Waals surface area contributed by atoms with E-state index in [4.69, 9.17) is 4.74 Å². The Kier molecular flexibility index (Phi) is 13.9. The highest BCUT2D eigenvalue weighted by Crippen LogP contribution is 2.01. The molecule has 0 spiro atoms. The number of amides is 1. The summed E-state index contributed by atoms with van der Waals surface area (Å²) in [6.45, 7) is 4.85. The van der Waals surface area contributed by atoms with E-state index in [2.05, 4.69) is 12.2 Å². The molecule has 0 fully saturated rings. The van der Waals surface area contributed by atoms with Crippen molar-refractivity contribution < 1.29 is 9.53 Å². The second kappa shape index (κ2) is 14.4. The third kappa shape index (κ3) is 13.4. The SMILES string of the molecule is CCCCCCOCCCCCCNC=O. The molecule has 0 saturated heterocycles. The fraction of sp³-hybridized carbons (Fsp3) is 0.923. The third-order valence-corrected chi connectivity index (χ3v) is 2.59. The van der Waals surface area contributed by atoms with E-state index in [1.54, 1.807) is 0 Å². The predicted octanol–water partition coefficient (Wildman–Crippen LogP) is 2.89. The molecule has 0 saturated carbocycles. The van der Waals surface area contributed by atoms with E-state index in [0.717, 1.165) is 39.0 Å². The Labute approximate surface area is 99.9 Å². The summed E-state index contributed by atoms with van der Waals surface area (Å²) in [5.41, 5.74) is 0. The van der Waals surface area contributed by atoms with Gasteiger partial charge in [0.2, 0.25) is 6.41 Å². The first kappa shape index (κ1) is 15.4. The summed E-state index contributed by atoms with van der Waals surface area (Å²) >= 11 is 0. The van der Waals surface area contributed by atoms with E-state index in [0.29, 0.717) is 0 Å². The molecule has 0 heterocycles. The highest BCUT2D eigenvalue weighted by Gasteiger charge is 1.92. The maximum atomic E-state index is 9.96. The molecule has 0 rings (SSSR count). The van der Waals surface area contributed by atoms with E-state index >= 15 is 0 Å². The van der Waals surface area contributed by atoms with Crippen LogP contribution in [0.1, 0.15) is 58.3 Å². The lowest BCUT2D eigenvalue weighted by Gasteiger charge is -2.04. The molecule has 0 atom stereocenters. The van der Waals surface area contributed by atoms with Gasteiger partial charge in [0.1, 0.15) is 0 Å². The summed E-state index contributed by atoms with van der Waals surface area (Å²) in [4.78, 5) is 9.96. The van der Waals surface area contributed by atoms with Crippen molar-refractivity contribution in [1.29, 1.82) is 0 Å². The third-order valence-electron chi connectivity index (χ3n) is 2.59. The number of hydrogen-bond donors (Lipinski definition) is 1. The molecule has 0 unspecified atom stereocenters. The van der Waals surface area contributed by atoms with Crippen molar-refractivity contribution in [3.63, 3.8) is 0 Å². The number of rotatable bonds is 13. The second-order valence-electron chi connectivity index (χ2n) is 4.16. The molecule has 0 aliphatic heterocycles. The first-order valence-electron chi connectivity index (χ1n) is 6.66. The molecule has 0 aliphatic rings. The van der Waals surface area contributed by atoms with Crippen LogP contribution in [0.2, 0.25) is 0 Å². The fourth-order valence-corrected chi connectivity index (χ4v) is 1.58.